The van der Waals surface area contributed by atoms with Gasteiger partial charge in [0, 0.05) is 20.9 Å². The van der Waals surface area contributed by atoms with Crippen molar-refractivity contribution in [3.8, 4) is 20.9 Å². The zero-order chi connectivity index (χ0) is 12.5. The van der Waals surface area contributed by atoms with Crippen LogP contribution >= 0.6 is 22.7 Å². The Labute approximate surface area is 114 Å². The van der Waals surface area contributed by atoms with Crippen LogP contribution in [0, 0.1) is 0 Å². The van der Waals surface area contributed by atoms with Crippen molar-refractivity contribution in [2.45, 2.75) is 0 Å². The maximum atomic E-state index is 6.17. The number of rotatable bonds is 2. The van der Waals surface area contributed by atoms with E-state index in [1.54, 1.807) is 22.7 Å². The summed E-state index contributed by atoms with van der Waals surface area (Å²) in [7, 11) is 0. The normalized spacial score (nSPS) is 10.7. The number of hydrogen-bond acceptors (Lipinski definition) is 4. The van der Waals surface area contributed by atoms with Crippen molar-refractivity contribution in [3.05, 3.63) is 47.2 Å². The Morgan fingerprint density at radius 2 is 1.11 bits per heavy atom. The summed E-state index contributed by atoms with van der Waals surface area (Å²) in [6.07, 6.45) is 0. The van der Waals surface area contributed by atoms with Crippen LogP contribution in [-0.4, -0.2) is 0 Å². The first kappa shape index (κ1) is 11.3. The standard InChI is InChI=1S/C14H12N2S2/c15-13-9(11-3-1-7-17-11)5-6-10(14(13)16)12-4-2-8-18-12/h1-8H,15-16H2. The van der Waals surface area contributed by atoms with Gasteiger partial charge in [-0.25, -0.2) is 0 Å². The monoisotopic (exact) mass is 272 g/mol. The van der Waals surface area contributed by atoms with Crippen molar-refractivity contribution in [1.29, 1.82) is 0 Å². The molecule has 2 nitrogen and oxygen atoms in total. The van der Waals surface area contributed by atoms with Crippen LogP contribution in [0.1, 0.15) is 0 Å². The summed E-state index contributed by atoms with van der Waals surface area (Å²) in [5.41, 5.74) is 15.7. The minimum Gasteiger partial charge on any atom is -0.397 e. The van der Waals surface area contributed by atoms with Crippen LogP contribution in [0.25, 0.3) is 20.9 Å². The van der Waals surface area contributed by atoms with E-state index in [1.807, 2.05) is 35.0 Å². The lowest BCUT2D eigenvalue weighted by Gasteiger charge is -2.10. The molecule has 3 rings (SSSR count). The van der Waals surface area contributed by atoms with Gasteiger partial charge in [0.15, 0.2) is 0 Å². The summed E-state index contributed by atoms with van der Waals surface area (Å²) in [4.78, 5) is 2.30. The van der Waals surface area contributed by atoms with Crippen molar-refractivity contribution >= 4 is 34.0 Å². The molecule has 0 saturated carbocycles. The first-order chi connectivity index (χ1) is 8.77. The molecule has 4 heteroatoms. The molecule has 2 heterocycles. The summed E-state index contributed by atoms with van der Waals surface area (Å²) in [5.74, 6) is 0. The second kappa shape index (κ2) is 4.48. The fourth-order valence-corrected chi connectivity index (χ4v) is 3.46. The summed E-state index contributed by atoms with van der Waals surface area (Å²) in [6, 6.07) is 12.2. The molecule has 0 amide bonds. The Morgan fingerprint density at radius 3 is 1.44 bits per heavy atom. The average Bonchev–Trinajstić information content (AvgIpc) is 3.03. The van der Waals surface area contributed by atoms with E-state index >= 15 is 0 Å². The number of nitrogen functional groups attached to an aromatic ring is 2. The second-order valence-corrected chi connectivity index (χ2v) is 5.84. The molecule has 0 aliphatic rings. The molecule has 0 aliphatic carbocycles. The maximum Gasteiger partial charge on any atom is 0.0642 e. The SMILES string of the molecule is Nc1c(-c2cccs2)ccc(-c2cccs2)c1N. The molecule has 4 N–H and O–H groups in total. The third kappa shape index (κ3) is 1.79. The number of nitrogens with two attached hydrogens (primary N) is 2. The van der Waals surface area contributed by atoms with Crippen molar-refractivity contribution < 1.29 is 0 Å². The molecule has 90 valence electrons. The molecule has 0 unspecified atom stereocenters. The van der Waals surface area contributed by atoms with Gasteiger partial charge in [0.05, 0.1) is 11.4 Å². The van der Waals surface area contributed by atoms with Gasteiger partial charge in [-0.15, -0.1) is 22.7 Å². The highest BCUT2D eigenvalue weighted by Crippen LogP contribution is 2.40. The molecule has 0 spiro atoms. The number of thiophene rings is 2. The number of hydrogen-bond donors (Lipinski definition) is 2. The van der Waals surface area contributed by atoms with Crippen LogP contribution in [0.5, 0.6) is 0 Å². The van der Waals surface area contributed by atoms with Crippen molar-refractivity contribution in [2.24, 2.45) is 0 Å². The highest BCUT2D eigenvalue weighted by Gasteiger charge is 2.12. The molecule has 1 aromatic carbocycles. The van der Waals surface area contributed by atoms with Gasteiger partial charge in [0.25, 0.3) is 0 Å². The van der Waals surface area contributed by atoms with Crippen LogP contribution < -0.4 is 11.5 Å². The van der Waals surface area contributed by atoms with Crippen LogP contribution in [0.3, 0.4) is 0 Å². The van der Waals surface area contributed by atoms with Gasteiger partial charge in [-0.1, -0.05) is 24.3 Å². The van der Waals surface area contributed by atoms with E-state index in [1.165, 1.54) is 0 Å². The largest absolute Gasteiger partial charge is 0.397 e. The van der Waals surface area contributed by atoms with Crippen LogP contribution in [0.15, 0.2) is 47.2 Å². The van der Waals surface area contributed by atoms with Gasteiger partial charge in [0.1, 0.15) is 0 Å². The molecule has 2 aromatic heterocycles. The minimum atomic E-state index is 0.670. The fraction of sp³-hybridized carbons (Fsp3) is 0. The molecule has 0 fully saturated rings. The van der Waals surface area contributed by atoms with Crippen LogP contribution in [0.4, 0.5) is 11.4 Å². The zero-order valence-corrected chi connectivity index (χ0v) is 11.2. The van der Waals surface area contributed by atoms with Crippen molar-refractivity contribution in [2.75, 3.05) is 11.5 Å². The molecule has 0 aliphatic heterocycles. The molecule has 0 atom stereocenters. The highest BCUT2D eigenvalue weighted by molar-refractivity contribution is 7.14. The third-order valence-electron chi connectivity index (χ3n) is 2.86. The second-order valence-electron chi connectivity index (χ2n) is 3.94. The molecule has 0 saturated heterocycles. The molecular formula is C14H12N2S2. The third-order valence-corrected chi connectivity index (χ3v) is 4.67. The van der Waals surface area contributed by atoms with E-state index in [0.29, 0.717) is 11.4 Å². The Morgan fingerprint density at radius 1 is 0.667 bits per heavy atom. The van der Waals surface area contributed by atoms with E-state index in [4.69, 9.17) is 11.5 Å². The van der Waals surface area contributed by atoms with Crippen LogP contribution in [0.2, 0.25) is 0 Å². The summed E-state index contributed by atoms with van der Waals surface area (Å²) >= 11 is 3.34. The topological polar surface area (TPSA) is 52.0 Å². The molecule has 3 aromatic rings. The maximum absolute atomic E-state index is 6.17. The van der Waals surface area contributed by atoms with Crippen LogP contribution in [-0.2, 0) is 0 Å². The summed E-state index contributed by atoms with van der Waals surface area (Å²) < 4.78 is 0. The molecule has 0 radical (unpaired) electrons. The lowest BCUT2D eigenvalue weighted by Crippen LogP contribution is -1.98. The predicted molar refractivity (Wildman–Crippen MR) is 81.9 cm³/mol. The van der Waals surface area contributed by atoms with E-state index in [-0.39, 0.29) is 0 Å². The average molecular weight is 272 g/mol. The van der Waals surface area contributed by atoms with Gasteiger partial charge in [-0.2, -0.15) is 0 Å². The quantitative estimate of drug-likeness (QED) is 0.683. The summed E-state index contributed by atoms with van der Waals surface area (Å²) in [5, 5.41) is 4.08. The fourth-order valence-electron chi connectivity index (χ4n) is 1.93. The molecular weight excluding hydrogens is 260 g/mol. The highest BCUT2D eigenvalue weighted by atomic mass is 32.1. The predicted octanol–water partition coefficient (Wildman–Crippen LogP) is 4.31. The van der Waals surface area contributed by atoms with Gasteiger partial charge >= 0.3 is 0 Å². The minimum absolute atomic E-state index is 0.670. The lowest BCUT2D eigenvalue weighted by atomic mass is 10.0. The van der Waals surface area contributed by atoms with Gasteiger partial charge in [0.2, 0.25) is 0 Å². The van der Waals surface area contributed by atoms with E-state index in [9.17, 15) is 0 Å². The Hall–Kier alpha value is -1.78. The van der Waals surface area contributed by atoms with Crippen molar-refractivity contribution in [1.82, 2.24) is 0 Å². The van der Waals surface area contributed by atoms with E-state index < -0.39 is 0 Å². The smallest absolute Gasteiger partial charge is 0.0642 e. The summed E-state index contributed by atoms with van der Waals surface area (Å²) in [6.45, 7) is 0. The Kier molecular flexibility index (Phi) is 2.81. The Balaban J connectivity index is 2.15. The van der Waals surface area contributed by atoms with Gasteiger partial charge in [-0.05, 0) is 22.9 Å². The number of anilines is 2. The molecule has 0 bridgehead atoms. The lowest BCUT2D eigenvalue weighted by molar-refractivity contribution is 1.65. The van der Waals surface area contributed by atoms with E-state index in [0.717, 1.165) is 20.9 Å². The van der Waals surface area contributed by atoms with Crippen molar-refractivity contribution in [3.63, 3.8) is 0 Å². The zero-order valence-electron chi connectivity index (χ0n) is 9.59. The van der Waals surface area contributed by atoms with E-state index in [2.05, 4.69) is 12.1 Å². The molecule has 18 heavy (non-hydrogen) atoms. The van der Waals surface area contributed by atoms with Gasteiger partial charge in [-0.3, -0.25) is 0 Å². The number of benzene rings is 1. The first-order valence-corrected chi connectivity index (χ1v) is 7.29. The Bertz CT molecular complexity index is 596. The first-order valence-electron chi connectivity index (χ1n) is 5.53. The van der Waals surface area contributed by atoms with Gasteiger partial charge < -0.3 is 11.5 Å².